The SMILES string of the molecule is COc1cc(CN(C)C(C)c2cccnc2)ccc1F. The van der Waals surface area contributed by atoms with Crippen molar-refractivity contribution in [1.82, 2.24) is 9.88 Å². The zero-order chi connectivity index (χ0) is 14.5. The highest BCUT2D eigenvalue weighted by molar-refractivity contribution is 5.30. The number of rotatable bonds is 5. The monoisotopic (exact) mass is 274 g/mol. The molecule has 3 nitrogen and oxygen atoms in total. The van der Waals surface area contributed by atoms with Crippen LogP contribution in [-0.2, 0) is 6.54 Å². The van der Waals surface area contributed by atoms with Crippen molar-refractivity contribution in [2.24, 2.45) is 0 Å². The maximum absolute atomic E-state index is 13.4. The molecule has 0 aliphatic heterocycles. The third kappa shape index (κ3) is 3.33. The van der Waals surface area contributed by atoms with Gasteiger partial charge >= 0.3 is 0 Å². The van der Waals surface area contributed by atoms with Gasteiger partial charge in [0, 0.05) is 25.0 Å². The zero-order valence-electron chi connectivity index (χ0n) is 12.0. The van der Waals surface area contributed by atoms with Crippen LogP contribution in [0.1, 0.15) is 24.1 Å². The van der Waals surface area contributed by atoms with Crippen LogP contribution >= 0.6 is 0 Å². The number of hydrogen-bond donors (Lipinski definition) is 0. The Morgan fingerprint density at radius 2 is 2.15 bits per heavy atom. The van der Waals surface area contributed by atoms with Gasteiger partial charge in [-0.3, -0.25) is 9.88 Å². The lowest BCUT2D eigenvalue weighted by Gasteiger charge is -2.25. The molecular formula is C16H19FN2O. The minimum atomic E-state index is -0.334. The molecule has 1 aromatic heterocycles. The van der Waals surface area contributed by atoms with Crippen molar-refractivity contribution in [3.05, 3.63) is 59.7 Å². The van der Waals surface area contributed by atoms with Crippen LogP contribution in [0.4, 0.5) is 4.39 Å². The third-order valence-electron chi connectivity index (χ3n) is 3.48. The molecule has 0 N–H and O–H groups in total. The van der Waals surface area contributed by atoms with Crippen LogP contribution in [0.3, 0.4) is 0 Å². The molecule has 0 saturated heterocycles. The summed E-state index contributed by atoms with van der Waals surface area (Å²) >= 11 is 0. The zero-order valence-corrected chi connectivity index (χ0v) is 12.0. The van der Waals surface area contributed by atoms with Gasteiger partial charge in [-0.25, -0.2) is 4.39 Å². The predicted octanol–water partition coefficient (Wildman–Crippen LogP) is 3.42. The summed E-state index contributed by atoms with van der Waals surface area (Å²) < 4.78 is 18.4. The average Bonchev–Trinajstić information content (AvgIpc) is 2.49. The van der Waals surface area contributed by atoms with E-state index in [-0.39, 0.29) is 17.6 Å². The molecule has 1 unspecified atom stereocenters. The van der Waals surface area contributed by atoms with Gasteiger partial charge in [0.25, 0.3) is 0 Å². The summed E-state index contributed by atoms with van der Waals surface area (Å²) in [6, 6.07) is 9.18. The maximum Gasteiger partial charge on any atom is 0.165 e. The van der Waals surface area contributed by atoms with E-state index in [0.29, 0.717) is 6.54 Å². The lowest BCUT2D eigenvalue weighted by Crippen LogP contribution is -2.22. The second-order valence-electron chi connectivity index (χ2n) is 4.85. The molecule has 2 rings (SSSR count). The molecule has 0 aliphatic rings. The topological polar surface area (TPSA) is 25.4 Å². The van der Waals surface area contributed by atoms with E-state index in [0.717, 1.165) is 11.1 Å². The highest BCUT2D eigenvalue weighted by Gasteiger charge is 2.13. The van der Waals surface area contributed by atoms with Gasteiger partial charge < -0.3 is 4.74 Å². The molecule has 0 spiro atoms. The molecule has 0 fully saturated rings. The largest absolute Gasteiger partial charge is 0.494 e. The quantitative estimate of drug-likeness (QED) is 0.835. The van der Waals surface area contributed by atoms with E-state index in [9.17, 15) is 4.39 Å². The highest BCUT2D eigenvalue weighted by atomic mass is 19.1. The number of methoxy groups -OCH3 is 1. The first-order chi connectivity index (χ1) is 9.61. The molecule has 0 aliphatic carbocycles. The molecule has 0 amide bonds. The fourth-order valence-corrected chi connectivity index (χ4v) is 2.11. The molecule has 0 saturated carbocycles. The molecule has 4 heteroatoms. The molecular weight excluding hydrogens is 255 g/mol. The van der Waals surface area contributed by atoms with Gasteiger partial charge in [0.2, 0.25) is 0 Å². The Hall–Kier alpha value is -1.94. The summed E-state index contributed by atoms with van der Waals surface area (Å²) in [5, 5.41) is 0. The Kier molecular flexibility index (Phi) is 4.69. The maximum atomic E-state index is 13.4. The van der Waals surface area contributed by atoms with Gasteiger partial charge in [0.15, 0.2) is 11.6 Å². The second kappa shape index (κ2) is 6.48. The number of hydrogen-bond acceptors (Lipinski definition) is 3. The third-order valence-corrected chi connectivity index (χ3v) is 3.48. The number of aromatic nitrogens is 1. The molecule has 1 heterocycles. The summed E-state index contributed by atoms with van der Waals surface area (Å²) in [4.78, 5) is 6.32. The van der Waals surface area contributed by atoms with Gasteiger partial charge in [-0.05, 0) is 43.3 Å². The van der Waals surface area contributed by atoms with Crippen molar-refractivity contribution >= 4 is 0 Å². The van der Waals surface area contributed by atoms with Gasteiger partial charge in [0.1, 0.15) is 0 Å². The Labute approximate surface area is 119 Å². The minimum absolute atomic E-state index is 0.236. The first-order valence-corrected chi connectivity index (χ1v) is 6.54. The highest BCUT2D eigenvalue weighted by Crippen LogP contribution is 2.23. The lowest BCUT2D eigenvalue weighted by atomic mass is 10.1. The Morgan fingerprint density at radius 1 is 1.35 bits per heavy atom. The summed E-state index contributed by atoms with van der Waals surface area (Å²) in [6.45, 7) is 2.84. The van der Waals surface area contributed by atoms with Crippen molar-refractivity contribution in [3.8, 4) is 5.75 Å². The fourth-order valence-electron chi connectivity index (χ4n) is 2.11. The summed E-state index contributed by atoms with van der Waals surface area (Å²) in [5.41, 5.74) is 2.17. The first kappa shape index (κ1) is 14.5. The van der Waals surface area contributed by atoms with Crippen molar-refractivity contribution in [2.75, 3.05) is 14.2 Å². The molecule has 106 valence electrons. The Balaban J connectivity index is 2.09. The molecule has 2 aromatic rings. The standard InChI is InChI=1S/C16H19FN2O/c1-12(14-5-4-8-18-10-14)19(2)11-13-6-7-15(17)16(9-13)20-3/h4-10,12H,11H2,1-3H3. The van der Waals surface area contributed by atoms with Crippen LogP contribution in [0.2, 0.25) is 0 Å². The van der Waals surface area contributed by atoms with E-state index in [1.807, 2.05) is 19.3 Å². The molecule has 20 heavy (non-hydrogen) atoms. The molecule has 0 radical (unpaired) electrons. The van der Waals surface area contributed by atoms with E-state index in [1.165, 1.54) is 13.2 Å². The first-order valence-electron chi connectivity index (χ1n) is 6.54. The number of halogens is 1. The molecule has 0 bridgehead atoms. The van der Waals surface area contributed by atoms with Crippen LogP contribution in [0, 0.1) is 5.82 Å². The summed E-state index contributed by atoms with van der Waals surface area (Å²) in [7, 11) is 3.51. The van der Waals surface area contributed by atoms with Gasteiger partial charge in [-0.2, -0.15) is 0 Å². The predicted molar refractivity (Wildman–Crippen MR) is 77.1 cm³/mol. The van der Waals surface area contributed by atoms with Gasteiger partial charge in [0.05, 0.1) is 7.11 Å². The van der Waals surface area contributed by atoms with Crippen molar-refractivity contribution in [2.45, 2.75) is 19.5 Å². The van der Waals surface area contributed by atoms with E-state index in [4.69, 9.17) is 4.74 Å². The Bertz CT molecular complexity index is 560. The van der Waals surface area contributed by atoms with E-state index < -0.39 is 0 Å². The second-order valence-corrected chi connectivity index (χ2v) is 4.85. The van der Waals surface area contributed by atoms with Crippen LogP contribution < -0.4 is 4.74 Å². The summed E-state index contributed by atoms with van der Waals surface area (Å²) in [6.07, 6.45) is 3.63. The van der Waals surface area contributed by atoms with Crippen LogP contribution in [0.5, 0.6) is 5.75 Å². The fraction of sp³-hybridized carbons (Fsp3) is 0.312. The normalized spacial score (nSPS) is 12.4. The van der Waals surface area contributed by atoms with E-state index >= 15 is 0 Å². The van der Waals surface area contributed by atoms with E-state index in [2.05, 4.69) is 22.9 Å². The van der Waals surface area contributed by atoms with Crippen LogP contribution in [0.25, 0.3) is 0 Å². The lowest BCUT2D eigenvalue weighted by molar-refractivity contribution is 0.252. The number of benzene rings is 1. The minimum Gasteiger partial charge on any atom is -0.494 e. The molecule has 1 atom stereocenters. The van der Waals surface area contributed by atoms with Crippen LogP contribution in [0.15, 0.2) is 42.7 Å². The number of ether oxygens (including phenoxy) is 1. The summed E-state index contributed by atoms with van der Waals surface area (Å²) in [5.74, 6) is -0.0517. The van der Waals surface area contributed by atoms with E-state index in [1.54, 1.807) is 18.3 Å². The van der Waals surface area contributed by atoms with Gasteiger partial charge in [-0.15, -0.1) is 0 Å². The van der Waals surface area contributed by atoms with Gasteiger partial charge in [-0.1, -0.05) is 12.1 Å². The van der Waals surface area contributed by atoms with Crippen molar-refractivity contribution in [3.63, 3.8) is 0 Å². The van der Waals surface area contributed by atoms with Crippen LogP contribution in [-0.4, -0.2) is 24.0 Å². The number of nitrogens with zero attached hydrogens (tertiary/aromatic N) is 2. The van der Waals surface area contributed by atoms with Crippen molar-refractivity contribution in [1.29, 1.82) is 0 Å². The average molecular weight is 274 g/mol. The number of pyridine rings is 1. The smallest absolute Gasteiger partial charge is 0.165 e. The molecule has 1 aromatic carbocycles. The Morgan fingerprint density at radius 3 is 2.80 bits per heavy atom. The van der Waals surface area contributed by atoms with Crippen molar-refractivity contribution < 1.29 is 9.13 Å².